The third kappa shape index (κ3) is 6.90. The first-order valence-corrected chi connectivity index (χ1v) is 15.9. The van der Waals surface area contributed by atoms with Crippen LogP contribution in [0.2, 0.25) is 0 Å². The molecule has 0 saturated heterocycles. The van der Waals surface area contributed by atoms with Gasteiger partial charge in [0.15, 0.2) is 0 Å². The standard InChI is InChI=1S/C35H62O/c1-10-11-24-36-33(6,7)29-20-23-34(8)21-13-22-35(9)31(27(4)15-12-14-26(2)3)18-19-32(35)28(5)16-17-30(34)25-29/h10-11,17,26-29,31-32H,12-16,18-25H2,1-9H3/b11-10-,30-17?/t27?,28?,29?,31-,32?,34+,35-/m1/s1. The van der Waals surface area contributed by atoms with Gasteiger partial charge in [0.2, 0.25) is 0 Å². The summed E-state index contributed by atoms with van der Waals surface area (Å²) in [5.41, 5.74) is 2.66. The zero-order chi connectivity index (χ0) is 26.6. The quantitative estimate of drug-likeness (QED) is 0.287. The van der Waals surface area contributed by atoms with E-state index < -0.39 is 0 Å². The number of rotatable bonds is 9. The number of allylic oxidation sites excluding steroid dienone is 3. The van der Waals surface area contributed by atoms with Crippen molar-refractivity contribution < 1.29 is 4.74 Å². The van der Waals surface area contributed by atoms with Gasteiger partial charge in [0.05, 0.1) is 12.2 Å². The predicted octanol–water partition coefficient (Wildman–Crippen LogP) is 10.8. The van der Waals surface area contributed by atoms with Crippen LogP contribution in [0, 0.1) is 46.3 Å². The van der Waals surface area contributed by atoms with E-state index in [2.05, 4.69) is 80.5 Å². The SMILES string of the molecule is C/C=C\COC(C)(C)C1CC[C@]2(C)CCC[C@@]3(C)C(CC[C@@H]3C(C)CCCC(C)C)C(C)CC=C2C1. The van der Waals surface area contributed by atoms with Crippen LogP contribution in [-0.2, 0) is 4.74 Å². The van der Waals surface area contributed by atoms with Gasteiger partial charge < -0.3 is 4.74 Å². The maximum atomic E-state index is 6.37. The van der Waals surface area contributed by atoms with Crippen LogP contribution in [0.1, 0.15) is 139 Å². The predicted molar refractivity (Wildman–Crippen MR) is 158 cm³/mol. The molecule has 0 bridgehead atoms. The molecule has 7 atom stereocenters. The zero-order valence-electron chi connectivity index (χ0n) is 25.8. The molecular weight excluding hydrogens is 436 g/mol. The smallest absolute Gasteiger partial charge is 0.0661 e. The van der Waals surface area contributed by atoms with E-state index in [9.17, 15) is 0 Å². The molecule has 3 rings (SSSR count). The van der Waals surface area contributed by atoms with E-state index in [0.717, 1.165) is 36.2 Å². The minimum Gasteiger partial charge on any atom is -0.371 e. The summed E-state index contributed by atoms with van der Waals surface area (Å²) >= 11 is 0. The van der Waals surface area contributed by atoms with Crippen molar-refractivity contribution in [3.8, 4) is 0 Å². The molecule has 1 heteroatoms. The first kappa shape index (κ1) is 30.0. The van der Waals surface area contributed by atoms with Gasteiger partial charge >= 0.3 is 0 Å². The second kappa shape index (κ2) is 12.5. The van der Waals surface area contributed by atoms with Gasteiger partial charge in [-0.15, -0.1) is 0 Å². The molecule has 0 spiro atoms. The Hall–Kier alpha value is -0.560. The van der Waals surface area contributed by atoms with Crippen LogP contribution in [0.3, 0.4) is 0 Å². The van der Waals surface area contributed by atoms with Gasteiger partial charge in [0.1, 0.15) is 0 Å². The maximum Gasteiger partial charge on any atom is 0.0661 e. The average Bonchev–Trinajstić information content (AvgIpc) is 3.14. The number of hydrogen-bond donors (Lipinski definition) is 0. The maximum absolute atomic E-state index is 6.37. The third-order valence-corrected chi connectivity index (χ3v) is 11.5. The molecule has 3 aliphatic rings. The Kier molecular flexibility index (Phi) is 10.4. The van der Waals surface area contributed by atoms with Gasteiger partial charge in [0.25, 0.3) is 0 Å². The van der Waals surface area contributed by atoms with E-state index in [0.29, 0.717) is 16.7 Å². The van der Waals surface area contributed by atoms with Gasteiger partial charge in [-0.1, -0.05) is 91.0 Å². The summed E-state index contributed by atoms with van der Waals surface area (Å²) in [7, 11) is 0. The molecule has 2 saturated carbocycles. The number of fused-ring (bicyclic) bond motifs is 2. The molecule has 0 aromatic heterocycles. The zero-order valence-corrected chi connectivity index (χ0v) is 25.8. The van der Waals surface area contributed by atoms with Crippen LogP contribution < -0.4 is 0 Å². The Morgan fingerprint density at radius 3 is 2.50 bits per heavy atom. The summed E-state index contributed by atoms with van der Waals surface area (Å²) in [4.78, 5) is 0. The molecule has 36 heavy (non-hydrogen) atoms. The van der Waals surface area contributed by atoms with E-state index in [1.54, 1.807) is 5.57 Å². The normalized spacial score (nSPS) is 37.0. The van der Waals surface area contributed by atoms with Gasteiger partial charge in [0, 0.05) is 0 Å². The van der Waals surface area contributed by atoms with Crippen molar-refractivity contribution in [2.75, 3.05) is 6.61 Å². The Bertz CT molecular complexity index is 744. The lowest BCUT2D eigenvalue weighted by atomic mass is 9.58. The molecule has 1 nitrogen and oxygen atoms in total. The minimum absolute atomic E-state index is 0.0500. The largest absolute Gasteiger partial charge is 0.371 e. The second-order valence-corrected chi connectivity index (χ2v) is 14.9. The van der Waals surface area contributed by atoms with Crippen LogP contribution in [0.25, 0.3) is 0 Å². The summed E-state index contributed by atoms with van der Waals surface area (Å²) in [6.45, 7) is 22.8. The van der Waals surface area contributed by atoms with Gasteiger partial charge in [-0.25, -0.2) is 0 Å². The molecule has 0 aromatic carbocycles. The lowest BCUT2D eigenvalue weighted by molar-refractivity contribution is -0.0597. The molecule has 0 aliphatic heterocycles. The Labute approximate surface area is 226 Å². The summed E-state index contributed by atoms with van der Waals surface area (Å²) in [6, 6.07) is 0. The fourth-order valence-corrected chi connectivity index (χ4v) is 8.89. The van der Waals surface area contributed by atoms with Crippen molar-refractivity contribution in [2.45, 2.75) is 145 Å². The highest BCUT2D eigenvalue weighted by Gasteiger charge is 2.50. The molecule has 208 valence electrons. The Balaban J connectivity index is 1.74. The fraction of sp³-hybridized carbons (Fsp3) is 0.886. The van der Waals surface area contributed by atoms with Crippen molar-refractivity contribution in [3.63, 3.8) is 0 Å². The summed E-state index contributed by atoms with van der Waals surface area (Å²) < 4.78 is 6.37. The average molecular weight is 499 g/mol. The third-order valence-electron chi connectivity index (χ3n) is 11.5. The summed E-state index contributed by atoms with van der Waals surface area (Å²) in [5, 5.41) is 0. The molecule has 4 unspecified atom stereocenters. The topological polar surface area (TPSA) is 9.23 Å². The van der Waals surface area contributed by atoms with Crippen LogP contribution in [0.15, 0.2) is 23.8 Å². The van der Waals surface area contributed by atoms with E-state index in [4.69, 9.17) is 4.74 Å². The van der Waals surface area contributed by atoms with Crippen molar-refractivity contribution in [3.05, 3.63) is 23.8 Å². The lowest BCUT2D eigenvalue weighted by Crippen LogP contribution is -2.41. The fourth-order valence-electron chi connectivity index (χ4n) is 8.89. The highest BCUT2D eigenvalue weighted by atomic mass is 16.5. The van der Waals surface area contributed by atoms with E-state index in [1.165, 1.54) is 77.0 Å². The van der Waals surface area contributed by atoms with E-state index in [-0.39, 0.29) is 5.60 Å². The lowest BCUT2D eigenvalue weighted by Gasteiger charge is -2.48. The van der Waals surface area contributed by atoms with Crippen molar-refractivity contribution in [1.29, 1.82) is 0 Å². The first-order chi connectivity index (χ1) is 16.9. The van der Waals surface area contributed by atoms with Gasteiger partial charge in [-0.2, -0.15) is 0 Å². The van der Waals surface area contributed by atoms with Crippen LogP contribution in [0.5, 0.6) is 0 Å². The molecule has 2 fully saturated rings. The van der Waals surface area contributed by atoms with Crippen molar-refractivity contribution in [2.24, 2.45) is 46.3 Å². The molecular formula is C35H62O. The van der Waals surface area contributed by atoms with Crippen LogP contribution >= 0.6 is 0 Å². The molecule has 0 aromatic rings. The van der Waals surface area contributed by atoms with Crippen LogP contribution in [0.4, 0.5) is 0 Å². The number of ether oxygens (including phenoxy) is 1. The second-order valence-electron chi connectivity index (χ2n) is 14.9. The van der Waals surface area contributed by atoms with Crippen LogP contribution in [-0.4, -0.2) is 12.2 Å². The first-order valence-electron chi connectivity index (χ1n) is 15.9. The van der Waals surface area contributed by atoms with Gasteiger partial charge in [-0.05, 0) is 118 Å². The molecule has 0 heterocycles. The van der Waals surface area contributed by atoms with Crippen molar-refractivity contribution >= 4 is 0 Å². The Morgan fingerprint density at radius 1 is 1.06 bits per heavy atom. The molecule has 0 N–H and O–H groups in total. The van der Waals surface area contributed by atoms with E-state index >= 15 is 0 Å². The van der Waals surface area contributed by atoms with E-state index in [1.807, 2.05) is 0 Å². The highest BCUT2D eigenvalue weighted by molar-refractivity contribution is 5.19. The van der Waals surface area contributed by atoms with Gasteiger partial charge in [-0.3, -0.25) is 0 Å². The van der Waals surface area contributed by atoms with Crippen molar-refractivity contribution in [1.82, 2.24) is 0 Å². The minimum atomic E-state index is -0.0500. The summed E-state index contributed by atoms with van der Waals surface area (Å²) in [6.07, 6.45) is 23.6. The highest BCUT2D eigenvalue weighted by Crippen LogP contribution is 2.59. The molecule has 0 radical (unpaired) electrons. The number of hydrogen-bond acceptors (Lipinski definition) is 1. The summed E-state index contributed by atoms with van der Waals surface area (Å²) in [5.74, 6) is 5.00. The molecule has 0 amide bonds. The molecule has 3 aliphatic carbocycles. The Morgan fingerprint density at radius 2 is 1.81 bits per heavy atom. The monoisotopic (exact) mass is 498 g/mol.